The van der Waals surface area contributed by atoms with Crippen LogP contribution in [0.4, 0.5) is 16.2 Å². The van der Waals surface area contributed by atoms with E-state index >= 15 is 0 Å². The van der Waals surface area contributed by atoms with Crippen molar-refractivity contribution in [1.82, 2.24) is 0 Å². The summed E-state index contributed by atoms with van der Waals surface area (Å²) in [6.07, 6.45) is -0.783. The molecule has 0 heterocycles. The zero-order valence-corrected chi connectivity index (χ0v) is 13.7. The number of methoxy groups -OCH3 is 1. The van der Waals surface area contributed by atoms with Crippen LogP contribution in [0, 0.1) is 10.1 Å². The third-order valence-corrected chi connectivity index (χ3v) is 3.43. The van der Waals surface area contributed by atoms with Gasteiger partial charge in [0.05, 0.1) is 17.6 Å². The number of nitro benzene ring substituents is 1. The molecule has 0 N–H and O–H groups in total. The quantitative estimate of drug-likeness (QED) is 0.469. The van der Waals surface area contributed by atoms with E-state index < -0.39 is 17.0 Å². The van der Waals surface area contributed by atoms with Gasteiger partial charge in [-0.25, -0.2) is 9.59 Å². The average molecular weight is 344 g/mol. The first-order valence-electron chi connectivity index (χ1n) is 7.25. The normalized spacial score (nSPS) is 10.0. The van der Waals surface area contributed by atoms with Crippen molar-refractivity contribution in [3.8, 4) is 0 Å². The third-order valence-electron chi connectivity index (χ3n) is 3.43. The molecule has 0 aromatic heterocycles. The van der Waals surface area contributed by atoms with Gasteiger partial charge in [-0.1, -0.05) is 30.3 Å². The highest BCUT2D eigenvalue weighted by molar-refractivity contribution is 5.95. The second-order valence-corrected chi connectivity index (χ2v) is 5.05. The Hall–Kier alpha value is -3.42. The topological polar surface area (TPSA) is 99.0 Å². The maximum Gasteiger partial charge on any atom is 0.414 e. The molecule has 0 aliphatic heterocycles. The van der Waals surface area contributed by atoms with E-state index in [2.05, 4.69) is 4.74 Å². The zero-order chi connectivity index (χ0) is 18.4. The Labute approximate surface area is 143 Å². The largest absolute Gasteiger partial charge is 0.465 e. The predicted molar refractivity (Wildman–Crippen MR) is 89.5 cm³/mol. The van der Waals surface area contributed by atoms with Crippen LogP contribution in [-0.2, 0) is 16.1 Å². The van der Waals surface area contributed by atoms with E-state index in [0.29, 0.717) is 0 Å². The van der Waals surface area contributed by atoms with E-state index in [1.54, 1.807) is 24.3 Å². The van der Waals surface area contributed by atoms with Gasteiger partial charge < -0.3 is 9.47 Å². The third kappa shape index (κ3) is 4.31. The van der Waals surface area contributed by atoms with Gasteiger partial charge in [-0.05, 0) is 17.7 Å². The number of ether oxygens (including phenoxy) is 2. The zero-order valence-electron chi connectivity index (χ0n) is 13.7. The number of nitrogens with zero attached hydrogens (tertiary/aromatic N) is 2. The van der Waals surface area contributed by atoms with Gasteiger partial charge in [0, 0.05) is 13.1 Å². The summed E-state index contributed by atoms with van der Waals surface area (Å²) in [5.74, 6) is -0.665. The fourth-order valence-corrected chi connectivity index (χ4v) is 2.11. The molecular formula is C17H16N2O6. The molecule has 0 spiro atoms. The highest BCUT2D eigenvalue weighted by Gasteiger charge is 2.24. The van der Waals surface area contributed by atoms with Crippen LogP contribution < -0.4 is 4.90 Å². The second kappa shape index (κ2) is 7.91. The molecule has 0 saturated carbocycles. The monoisotopic (exact) mass is 344 g/mol. The van der Waals surface area contributed by atoms with E-state index in [-0.39, 0.29) is 23.5 Å². The van der Waals surface area contributed by atoms with Crippen molar-refractivity contribution in [2.24, 2.45) is 0 Å². The maximum atomic E-state index is 12.2. The Balaban J connectivity index is 2.23. The first kappa shape index (κ1) is 17.9. The van der Waals surface area contributed by atoms with Crippen molar-refractivity contribution in [2.75, 3.05) is 19.1 Å². The molecule has 130 valence electrons. The summed E-state index contributed by atoms with van der Waals surface area (Å²) >= 11 is 0. The maximum absolute atomic E-state index is 12.2. The minimum atomic E-state index is -0.783. The lowest BCUT2D eigenvalue weighted by Crippen LogP contribution is -2.28. The smallest absolute Gasteiger partial charge is 0.414 e. The fraction of sp³-hybridized carbons (Fsp3) is 0.176. The van der Waals surface area contributed by atoms with Crippen molar-refractivity contribution >= 4 is 23.4 Å². The molecule has 2 rings (SSSR count). The van der Waals surface area contributed by atoms with Crippen molar-refractivity contribution in [3.63, 3.8) is 0 Å². The lowest BCUT2D eigenvalue weighted by Gasteiger charge is -2.17. The second-order valence-electron chi connectivity index (χ2n) is 5.05. The molecule has 2 aromatic carbocycles. The van der Waals surface area contributed by atoms with E-state index in [9.17, 15) is 19.7 Å². The first-order chi connectivity index (χ1) is 11.9. The number of amides is 1. The number of carbonyl (C=O) groups excluding carboxylic acids is 2. The minimum absolute atomic E-state index is 0.0223. The molecule has 0 fully saturated rings. The van der Waals surface area contributed by atoms with Gasteiger partial charge in [0.25, 0.3) is 5.69 Å². The van der Waals surface area contributed by atoms with Gasteiger partial charge in [-0.3, -0.25) is 15.0 Å². The van der Waals surface area contributed by atoms with Crippen molar-refractivity contribution < 1.29 is 24.0 Å². The summed E-state index contributed by atoms with van der Waals surface area (Å²) in [6, 6.07) is 12.6. The van der Waals surface area contributed by atoms with Gasteiger partial charge in [-0.15, -0.1) is 0 Å². The van der Waals surface area contributed by atoms with Gasteiger partial charge in [-0.2, -0.15) is 0 Å². The van der Waals surface area contributed by atoms with Gasteiger partial charge in [0.1, 0.15) is 12.3 Å². The lowest BCUT2D eigenvalue weighted by atomic mass is 10.1. The van der Waals surface area contributed by atoms with E-state index in [0.717, 1.165) is 16.5 Å². The SMILES string of the molecule is COC(=O)c1ccc([N+](=O)[O-])c(N(C)C(=O)OCc2ccccc2)c1. The minimum Gasteiger partial charge on any atom is -0.465 e. The van der Waals surface area contributed by atoms with E-state index in [1.807, 2.05) is 6.07 Å². The highest BCUT2D eigenvalue weighted by atomic mass is 16.6. The Morgan fingerprint density at radius 2 is 1.84 bits per heavy atom. The van der Waals surface area contributed by atoms with Crippen LogP contribution in [-0.4, -0.2) is 31.1 Å². The molecule has 8 heteroatoms. The molecule has 2 aromatic rings. The number of rotatable bonds is 5. The van der Waals surface area contributed by atoms with Crippen LogP contribution in [0.5, 0.6) is 0 Å². The van der Waals surface area contributed by atoms with Crippen LogP contribution in [0.15, 0.2) is 48.5 Å². The van der Waals surface area contributed by atoms with Crippen LogP contribution in [0.1, 0.15) is 15.9 Å². The van der Waals surface area contributed by atoms with Crippen molar-refractivity contribution in [1.29, 1.82) is 0 Å². The molecule has 0 bridgehead atoms. The molecule has 0 aliphatic carbocycles. The van der Waals surface area contributed by atoms with Crippen LogP contribution in [0.2, 0.25) is 0 Å². The molecule has 0 saturated heterocycles. The Bertz CT molecular complexity index is 791. The predicted octanol–water partition coefficient (Wildman–Crippen LogP) is 3.15. The molecule has 0 aliphatic rings. The number of nitro groups is 1. The first-order valence-corrected chi connectivity index (χ1v) is 7.25. The van der Waals surface area contributed by atoms with Crippen molar-refractivity contribution in [3.05, 3.63) is 69.8 Å². The molecule has 8 nitrogen and oxygen atoms in total. The molecule has 0 atom stereocenters. The van der Waals surface area contributed by atoms with E-state index in [4.69, 9.17) is 4.74 Å². The number of hydrogen-bond donors (Lipinski definition) is 0. The van der Waals surface area contributed by atoms with Gasteiger partial charge >= 0.3 is 12.1 Å². The van der Waals surface area contributed by atoms with Crippen molar-refractivity contribution in [2.45, 2.75) is 6.61 Å². The van der Waals surface area contributed by atoms with Crippen LogP contribution >= 0.6 is 0 Å². The van der Waals surface area contributed by atoms with Gasteiger partial charge in [0.2, 0.25) is 0 Å². The summed E-state index contributed by atoms with van der Waals surface area (Å²) in [4.78, 5) is 35.4. The fourth-order valence-electron chi connectivity index (χ4n) is 2.11. The summed E-state index contributed by atoms with van der Waals surface area (Å²) in [7, 11) is 2.53. The summed E-state index contributed by atoms with van der Waals surface area (Å²) in [5, 5.41) is 11.2. The standard InChI is InChI=1S/C17H16N2O6/c1-18(17(21)25-11-12-6-4-3-5-7-12)15-10-13(16(20)24-2)8-9-14(15)19(22)23/h3-10H,11H2,1-2H3. The molecule has 25 heavy (non-hydrogen) atoms. The Morgan fingerprint density at radius 1 is 1.16 bits per heavy atom. The summed E-state index contributed by atoms with van der Waals surface area (Å²) in [5.41, 5.74) is 0.477. The molecule has 1 amide bonds. The Kier molecular flexibility index (Phi) is 5.67. The summed E-state index contributed by atoms with van der Waals surface area (Å²) in [6.45, 7) is 0.0223. The highest BCUT2D eigenvalue weighted by Crippen LogP contribution is 2.29. The van der Waals surface area contributed by atoms with Crippen LogP contribution in [0.25, 0.3) is 0 Å². The van der Waals surface area contributed by atoms with Gasteiger partial charge in [0.15, 0.2) is 0 Å². The van der Waals surface area contributed by atoms with E-state index in [1.165, 1.54) is 26.3 Å². The lowest BCUT2D eigenvalue weighted by molar-refractivity contribution is -0.384. The average Bonchev–Trinajstić information content (AvgIpc) is 2.65. The molecule has 0 unspecified atom stereocenters. The number of benzene rings is 2. The number of anilines is 1. The number of esters is 1. The summed E-state index contributed by atoms with van der Waals surface area (Å²) < 4.78 is 9.75. The number of carbonyl (C=O) groups is 2. The number of hydrogen-bond acceptors (Lipinski definition) is 6. The molecule has 0 radical (unpaired) electrons. The van der Waals surface area contributed by atoms with Crippen LogP contribution in [0.3, 0.4) is 0 Å². The Morgan fingerprint density at radius 3 is 2.44 bits per heavy atom. The molecular weight excluding hydrogens is 328 g/mol.